The van der Waals surface area contributed by atoms with Crippen LogP contribution in [0.2, 0.25) is 5.02 Å². The first-order chi connectivity index (χ1) is 9.72. The third-order valence-corrected chi connectivity index (χ3v) is 5.21. The summed E-state index contributed by atoms with van der Waals surface area (Å²) in [5, 5.41) is 1.49. The lowest BCUT2D eigenvalue weighted by atomic mass is 10.1. The van der Waals surface area contributed by atoms with Crippen LogP contribution in [0.3, 0.4) is 0 Å². The van der Waals surface area contributed by atoms with Crippen LogP contribution in [0, 0.1) is 0 Å². The Morgan fingerprint density at radius 3 is 3.05 bits per heavy atom. The van der Waals surface area contributed by atoms with E-state index in [1.54, 1.807) is 11.3 Å². The fraction of sp³-hybridized carbons (Fsp3) is 0.357. The molecular formula is C14H13ClN2O2S. The van der Waals surface area contributed by atoms with Gasteiger partial charge in [-0.15, -0.1) is 11.3 Å². The van der Waals surface area contributed by atoms with Gasteiger partial charge in [-0.05, 0) is 37.0 Å². The van der Waals surface area contributed by atoms with Crippen LogP contribution in [-0.2, 0) is 12.8 Å². The molecule has 104 valence electrons. The van der Waals surface area contributed by atoms with E-state index in [-0.39, 0.29) is 12.8 Å². The van der Waals surface area contributed by atoms with Gasteiger partial charge in [-0.1, -0.05) is 11.6 Å². The molecule has 1 atom stereocenters. The van der Waals surface area contributed by atoms with Gasteiger partial charge >= 0.3 is 0 Å². The molecular weight excluding hydrogens is 296 g/mol. The van der Waals surface area contributed by atoms with Crippen LogP contribution in [0.1, 0.15) is 33.6 Å². The Hall–Kier alpha value is -1.30. The Morgan fingerprint density at radius 2 is 2.20 bits per heavy atom. The summed E-state index contributed by atoms with van der Waals surface area (Å²) in [5.41, 5.74) is 8.46. The number of benzene rings is 1. The number of fused-ring (bicyclic) bond motifs is 2. The molecule has 2 aliphatic rings. The molecule has 2 heterocycles. The zero-order valence-corrected chi connectivity index (χ0v) is 12.3. The smallest absolute Gasteiger partial charge is 0.231 e. The van der Waals surface area contributed by atoms with Crippen molar-refractivity contribution in [3.05, 3.63) is 38.3 Å². The van der Waals surface area contributed by atoms with Crippen molar-refractivity contribution in [3.63, 3.8) is 0 Å². The first kappa shape index (κ1) is 12.4. The van der Waals surface area contributed by atoms with Gasteiger partial charge < -0.3 is 15.2 Å². The zero-order valence-electron chi connectivity index (χ0n) is 10.7. The molecule has 1 unspecified atom stereocenters. The monoisotopic (exact) mass is 308 g/mol. The minimum absolute atomic E-state index is 0.208. The average molecular weight is 309 g/mol. The highest BCUT2D eigenvalue weighted by Crippen LogP contribution is 2.42. The summed E-state index contributed by atoms with van der Waals surface area (Å²) in [6, 6.07) is 3.47. The van der Waals surface area contributed by atoms with Crippen molar-refractivity contribution in [2.24, 2.45) is 5.73 Å². The molecule has 6 heteroatoms. The maximum absolute atomic E-state index is 6.33. The van der Waals surface area contributed by atoms with Crippen LogP contribution in [0.25, 0.3) is 0 Å². The SMILES string of the molecule is NC(c1cc(Cl)c2c(c1)OCO2)c1nc2c(s1)CCC2. The zero-order chi connectivity index (χ0) is 13.7. The van der Waals surface area contributed by atoms with Crippen LogP contribution < -0.4 is 15.2 Å². The third-order valence-electron chi connectivity index (χ3n) is 3.69. The highest BCUT2D eigenvalue weighted by atomic mass is 35.5. The normalized spacial score (nSPS) is 17.3. The van der Waals surface area contributed by atoms with Gasteiger partial charge in [0.05, 0.1) is 16.8 Å². The number of hydrogen-bond donors (Lipinski definition) is 1. The van der Waals surface area contributed by atoms with Gasteiger partial charge in [-0.25, -0.2) is 4.98 Å². The lowest BCUT2D eigenvalue weighted by molar-refractivity contribution is 0.174. The number of hydrogen-bond acceptors (Lipinski definition) is 5. The number of ether oxygens (including phenoxy) is 2. The summed E-state index contributed by atoms with van der Waals surface area (Å²) >= 11 is 7.92. The van der Waals surface area contributed by atoms with Crippen molar-refractivity contribution >= 4 is 22.9 Å². The highest BCUT2D eigenvalue weighted by Gasteiger charge is 2.24. The van der Waals surface area contributed by atoms with E-state index in [4.69, 9.17) is 26.8 Å². The molecule has 1 aromatic carbocycles. The molecule has 0 saturated carbocycles. The van der Waals surface area contributed by atoms with E-state index in [0.717, 1.165) is 23.4 Å². The van der Waals surface area contributed by atoms with Gasteiger partial charge in [-0.3, -0.25) is 0 Å². The van der Waals surface area contributed by atoms with E-state index in [1.165, 1.54) is 17.0 Å². The third kappa shape index (κ3) is 1.89. The van der Waals surface area contributed by atoms with Gasteiger partial charge in [0, 0.05) is 4.88 Å². The lowest BCUT2D eigenvalue weighted by Crippen LogP contribution is -2.11. The maximum Gasteiger partial charge on any atom is 0.231 e. The molecule has 1 aromatic heterocycles. The number of aromatic nitrogens is 1. The second-order valence-electron chi connectivity index (χ2n) is 4.99. The number of nitrogens with two attached hydrogens (primary N) is 1. The first-order valence-electron chi connectivity index (χ1n) is 6.55. The topological polar surface area (TPSA) is 57.4 Å². The quantitative estimate of drug-likeness (QED) is 0.926. The predicted molar refractivity (Wildman–Crippen MR) is 77.7 cm³/mol. The van der Waals surface area contributed by atoms with E-state index < -0.39 is 0 Å². The van der Waals surface area contributed by atoms with Gasteiger partial charge in [0.2, 0.25) is 6.79 Å². The molecule has 20 heavy (non-hydrogen) atoms. The summed E-state index contributed by atoms with van der Waals surface area (Å²) in [7, 11) is 0. The second-order valence-corrected chi connectivity index (χ2v) is 6.51. The molecule has 4 nitrogen and oxygen atoms in total. The van der Waals surface area contributed by atoms with E-state index >= 15 is 0 Å². The van der Waals surface area contributed by atoms with Gasteiger partial charge in [0.1, 0.15) is 5.01 Å². The largest absolute Gasteiger partial charge is 0.454 e. The molecule has 1 aliphatic carbocycles. The van der Waals surface area contributed by atoms with Crippen LogP contribution in [0.15, 0.2) is 12.1 Å². The summed E-state index contributed by atoms with van der Waals surface area (Å²) in [6.07, 6.45) is 3.40. The summed E-state index contributed by atoms with van der Waals surface area (Å²) < 4.78 is 10.7. The predicted octanol–water partition coefficient (Wildman–Crippen LogP) is 3.06. The molecule has 0 bridgehead atoms. The highest BCUT2D eigenvalue weighted by molar-refractivity contribution is 7.11. The van der Waals surface area contributed by atoms with E-state index in [1.807, 2.05) is 12.1 Å². The number of aryl methyl sites for hydroxylation is 2. The van der Waals surface area contributed by atoms with Crippen molar-refractivity contribution in [2.45, 2.75) is 25.3 Å². The van der Waals surface area contributed by atoms with Crippen LogP contribution in [0.4, 0.5) is 0 Å². The van der Waals surface area contributed by atoms with E-state index in [2.05, 4.69) is 4.98 Å². The van der Waals surface area contributed by atoms with Gasteiger partial charge in [0.15, 0.2) is 11.5 Å². The molecule has 0 radical (unpaired) electrons. The molecule has 0 spiro atoms. The van der Waals surface area contributed by atoms with Crippen molar-refractivity contribution < 1.29 is 9.47 Å². The Labute approximate surface area is 125 Å². The molecule has 0 saturated heterocycles. The minimum atomic E-state index is -0.266. The summed E-state index contributed by atoms with van der Waals surface area (Å²) in [6.45, 7) is 0.208. The Kier molecular flexibility index (Phi) is 2.87. The molecule has 0 amide bonds. The van der Waals surface area contributed by atoms with Crippen LogP contribution >= 0.6 is 22.9 Å². The van der Waals surface area contributed by atoms with E-state index in [9.17, 15) is 0 Å². The first-order valence-corrected chi connectivity index (χ1v) is 7.75. The van der Waals surface area contributed by atoms with Crippen LogP contribution in [-0.4, -0.2) is 11.8 Å². The standard InChI is InChI=1S/C14H13ClN2O2S/c15-8-4-7(5-10-13(8)19-6-18-10)12(16)14-17-9-2-1-3-11(9)20-14/h4-5,12H,1-3,6,16H2. The minimum Gasteiger partial charge on any atom is -0.454 e. The lowest BCUT2D eigenvalue weighted by Gasteiger charge is -2.11. The number of halogens is 1. The van der Waals surface area contributed by atoms with Crippen molar-refractivity contribution in [3.8, 4) is 11.5 Å². The number of nitrogens with zero attached hydrogens (tertiary/aromatic N) is 1. The molecule has 4 rings (SSSR count). The molecule has 0 fully saturated rings. The maximum atomic E-state index is 6.33. The number of thiazole rings is 1. The Bertz CT molecular complexity index is 665. The Balaban J connectivity index is 1.71. The molecule has 2 N–H and O–H groups in total. The second kappa shape index (κ2) is 4.62. The summed E-state index contributed by atoms with van der Waals surface area (Å²) in [5.74, 6) is 1.26. The molecule has 2 aromatic rings. The number of rotatable bonds is 2. The van der Waals surface area contributed by atoms with Crippen molar-refractivity contribution in [1.29, 1.82) is 0 Å². The fourth-order valence-corrected chi connectivity index (χ4v) is 4.11. The Morgan fingerprint density at radius 1 is 1.30 bits per heavy atom. The van der Waals surface area contributed by atoms with Crippen LogP contribution in [0.5, 0.6) is 11.5 Å². The average Bonchev–Trinajstić information content (AvgIpc) is 3.12. The van der Waals surface area contributed by atoms with Gasteiger partial charge in [-0.2, -0.15) is 0 Å². The summed E-state index contributed by atoms with van der Waals surface area (Å²) in [4.78, 5) is 6.05. The molecule has 1 aliphatic heterocycles. The van der Waals surface area contributed by atoms with Crippen molar-refractivity contribution in [2.75, 3.05) is 6.79 Å². The fourth-order valence-electron chi connectivity index (χ4n) is 2.65. The van der Waals surface area contributed by atoms with Crippen molar-refractivity contribution in [1.82, 2.24) is 4.98 Å². The van der Waals surface area contributed by atoms with E-state index in [0.29, 0.717) is 16.5 Å². The van der Waals surface area contributed by atoms with Gasteiger partial charge in [0.25, 0.3) is 0 Å².